The second kappa shape index (κ2) is 7.73. The molecule has 0 radical (unpaired) electrons. The van der Waals surface area contributed by atoms with Gasteiger partial charge in [0.25, 0.3) is 0 Å². The van der Waals surface area contributed by atoms with Crippen LogP contribution in [0.4, 0.5) is 0 Å². The maximum absolute atomic E-state index is 11.3. The van der Waals surface area contributed by atoms with Gasteiger partial charge >= 0.3 is 0 Å². The first-order chi connectivity index (χ1) is 9.34. The number of benzene rings is 1. The molecule has 2 atom stereocenters. The van der Waals surface area contributed by atoms with E-state index in [-0.39, 0.29) is 4.90 Å². The monoisotopic (exact) mass is 301 g/mol. The number of aliphatic hydroxyl groups excluding tert-OH is 1. The van der Waals surface area contributed by atoms with Gasteiger partial charge in [0.1, 0.15) is 0 Å². The van der Waals surface area contributed by atoms with E-state index < -0.39 is 15.9 Å². The number of ether oxygens (including phenoxy) is 1. The Morgan fingerprint density at radius 3 is 2.35 bits per heavy atom. The number of methoxy groups -OCH3 is 1. The summed E-state index contributed by atoms with van der Waals surface area (Å²) in [7, 11) is -1.53. The average molecular weight is 301 g/mol. The largest absolute Gasteiger partial charge is 0.387 e. The van der Waals surface area contributed by atoms with E-state index >= 15 is 0 Å². The van der Waals surface area contributed by atoms with Gasteiger partial charge in [-0.3, -0.25) is 0 Å². The van der Waals surface area contributed by atoms with Crippen molar-refractivity contribution in [1.29, 1.82) is 0 Å². The van der Waals surface area contributed by atoms with E-state index in [1.165, 1.54) is 12.1 Å². The van der Waals surface area contributed by atoms with Crippen molar-refractivity contribution in [2.75, 3.05) is 33.1 Å². The SMILES string of the molecule is COCC(C)CNCC(O)c1ccc(S(C)(=O)=O)cc1. The summed E-state index contributed by atoms with van der Waals surface area (Å²) in [5.41, 5.74) is 0.698. The zero-order chi connectivity index (χ0) is 15.2. The first-order valence-electron chi connectivity index (χ1n) is 6.52. The van der Waals surface area contributed by atoms with Crippen LogP contribution in [0.25, 0.3) is 0 Å². The van der Waals surface area contributed by atoms with Gasteiger partial charge in [-0.05, 0) is 23.6 Å². The summed E-state index contributed by atoms with van der Waals surface area (Å²) in [4.78, 5) is 0.259. The number of aliphatic hydroxyl groups is 1. The molecule has 6 heteroatoms. The van der Waals surface area contributed by atoms with E-state index in [4.69, 9.17) is 4.74 Å². The quantitative estimate of drug-likeness (QED) is 0.749. The van der Waals surface area contributed by atoms with Gasteiger partial charge in [-0.2, -0.15) is 0 Å². The van der Waals surface area contributed by atoms with Crippen molar-refractivity contribution in [2.45, 2.75) is 17.9 Å². The van der Waals surface area contributed by atoms with Gasteiger partial charge in [-0.25, -0.2) is 8.42 Å². The van der Waals surface area contributed by atoms with Crippen molar-refractivity contribution in [3.63, 3.8) is 0 Å². The van der Waals surface area contributed by atoms with Crippen molar-refractivity contribution < 1.29 is 18.3 Å². The molecule has 20 heavy (non-hydrogen) atoms. The molecule has 2 N–H and O–H groups in total. The predicted molar refractivity (Wildman–Crippen MR) is 78.4 cm³/mol. The van der Waals surface area contributed by atoms with Crippen LogP contribution in [0.3, 0.4) is 0 Å². The van der Waals surface area contributed by atoms with Crippen LogP contribution in [-0.2, 0) is 14.6 Å². The van der Waals surface area contributed by atoms with Crippen LogP contribution in [0.1, 0.15) is 18.6 Å². The molecule has 0 aromatic heterocycles. The molecule has 114 valence electrons. The first-order valence-corrected chi connectivity index (χ1v) is 8.41. The van der Waals surface area contributed by atoms with Crippen molar-refractivity contribution in [3.05, 3.63) is 29.8 Å². The smallest absolute Gasteiger partial charge is 0.175 e. The van der Waals surface area contributed by atoms with Crippen molar-refractivity contribution in [3.8, 4) is 0 Å². The van der Waals surface area contributed by atoms with Crippen molar-refractivity contribution >= 4 is 9.84 Å². The lowest BCUT2D eigenvalue weighted by Gasteiger charge is -2.15. The van der Waals surface area contributed by atoms with Gasteiger partial charge in [0, 0.05) is 33.1 Å². The van der Waals surface area contributed by atoms with Crippen molar-refractivity contribution in [1.82, 2.24) is 5.32 Å². The molecule has 0 aliphatic heterocycles. The number of sulfone groups is 1. The Labute approximate surface area is 120 Å². The van der Waals surface area contributed by atoms with Crippen LogP contribution < -0.4 is 5.32 Å². The van der Waals surface area contributed by atoms with Crippen molar-refractivity contribution in [2.24, 2.45) is 5.92 Å². The lowest BCUT2D eigenvalue weighted by atomic mass is 10.1. The third-order valence-corrected chi connectivity index (χ3v) is 4.10. The molecule has 0 saturated heterocycles. The Bertz CT molecular complexity index is 498. The highest BCUT2D eigenvalue weighted by Crippen LogP contribution is 2.16. The standard InChI is InChI=1S/C14H23NO4S/c1-11(10-19-2)8-15-9-14(16)12-4-6-13(7-5-12)20(3,17)18/h4-7,11,14-16H,8-10H2,1-3H3. The van der Waals surface area contributed by atoms with Crippen LogP contribution in [0.15, 0.2) is 29.2 Å². The molecule has 0 saturated carbocycles. The summed E-state index contributed by atoms with van der Waals surface area (Å²) >= 11 is 0. The van der Waals surface area contributed by atoms with Crippen LogP contribution in [0.2, 0.25) is 0 Å². The molecule has 1 rings (SSSR count). The minimum Gasteiger partial charge on any atom is -0.387 e. The maximum Gasteiger partial charge on any atom is 0.175 e. The van der Waals surface area contributed by atoms with E-state index in [9.17, 15) is 13.5 Å². The highest BCUT2D eigenvalue weighted by molar-refractivity contribution is 7.90. The summed E-state index contributed by atoms with van der Waals surface area (Å²) < 4.78 is 27.7. The van der Waals surface area contributed by atoms with Gasteiger partial charge in [0.15, 0.2) is 9.84 Å². The van der Waals surface area contributed by atoms with E-state index in [2.05, 4.69) is 12.2 Å². The van der Waals surface area contributed by atoms with E-state index in [1.54, 1.807) is 19.2 Å². The Morgan fingerprint density at radius 1 is 1.25 bits per heavy atom. The zero-order valence-electron chi connectivity index (χ0n) is 12.2. The lowest BCUT2D eigenvalue weighted by Crippen LogP contribution is -2.28. The second-order valence-electron chi connectivity index (χ2n) is 5.08. The zero-order valence-corrected chi connectivity index (χ0v) is 13.0. The molecule has 5 nitrogen and oxygen atoms in total. The Hall–Kier alpha value is -0.950. The van der Waals surface area contributed by atoms with Crippen LogP contribution in [0, 0.1) is 5.92 Å². The molecule has 2 unspecified atom stereocenters. The number of hydrogen-bond donors (Lipinski definition) is 2. The van der Waals surface area contributed by atoms with E-state index in [1.807, 2.05) is 0 Å². The molecule has 0 fully saturated rings. The molecule has 0 spiro atoms. The van der Waals surface area contributed by atoms with Gasteiger partial charge in [0.05, 0.1) is 11.0 Å². The van der Waals surface area contributed by atoms with Crippen LogP contribution >= 0.6 is 0 Å². The number of rotatable bonds is 8. The fourth-order valence-corrected chi connectivity index (χ4v) is 2.50. The van der Waals surface area contributed by atoms with Gasteiger partial charge in [0.2, 0.25) is 0 Å². The molecular weight excluding hydrogens is 278 g/mol. The fourth-order valence-electron chi connectivity index (χ4n) is 1.86. The lowest BCUT2D eigenvalue weighted by molar-refractivity contribution is 0.147. The molecule has 0 bridgehead atoms. The molecule has 0 heterocycles. The third kappa shape index (κ3) is 5.58. The maximum atomic E-state index is 11.3. The highest BCUT2D eigenvalue weighted by Gasteiger charge is 2.11. The minimum atomic E-state index is -3.19. The number of nitrogens with one attached hydrogen (secondary N) is 1. The second-order valence-corrected chi connectivity index (χ2v) is 7.09. The highest BCUT2D eigenvalue weighted by atomic mass is 32.2. The molecular formula is C14H23NO4S. The Balaban J connectivity index is 2.50. The first kappa shape index (κ1) is 17.1. The van der Waals surface area contributed by atoms with Gasteiger partial charge in [-0.15, -0.1) is 0 Å². The molecule has 1 aromatic carbocycles. The molecule has 0 amide bonds. The van der Waals surface area contributed by atoms with Gasteiger partial charge < -0.3 is 15.2 Å². The summed E-state index contributed by atoms with van der Waals surface area (Å²) in [5.74, 6) is 0.375. The summed E-state index contributed by atoms with van der Waals surface area (Å²) in [6, 6.07) is 6.31. The van der Waals surface area contributed by atoms with E-state index in [0.29, 0.717) is 24.6 Å². The molecule has 1 aromatic rings. The van der Waals surface area contributed by atoms with Crippen LogP contribution in [0.5, 0.6) is 0 Å². The topological polar surface area (TPSA) is 75.6 Å². The molecule has 0 aliphatic rings. The summed E-state index contributed by atoms with van der Waals surface area (Å²) in [6.45, 7) is 3.91. The predicted octanol–water partition coefficient (Wildman–Crippen LogP) is 0.996. The minimum absolute atomic E-state index is 0.259. The normalized spacial score (nSPS) is 15.0. The Kier molecular flexibility index (Phi) is 6.61. The molecule has 0 aliphatic carbocycles. The van der Waals surface area contributed by atoms with Gasteiger partial charge in [-0.1, -0.05) is 19.1 Å². The summed E-state index contributed by atoms with van der Waals surface area (Å²) in [5, 5.41) is 13.2. The summed E-state index contributed by atoms with van der Waals surface area (Å²) in [6.07, 6.45) is 0.510. The Morgan fingerprint density at radius 2 is 1.85 bits per heavy atom. The fraction of sp³-hybridized carbons (Fsp3) is 0.571. The van der Waals surface area contributed by atoms with E-state index in [0.717, 1.165) is 12.8 Å². The number of hydrogen-bond acceptors (Lipinski definition) is 5. The average Bonchev–Trinajstić information content (AvgIpc) is 2.38. The van der Waals surface area contributed by atoms with Crippen LogP contribution in [-0.4, -0.2) is 46.6 Å². The third-order valence-electron chi connectivity index (χ3n) is 2.97.